The molecule has 2 heterocycles. The Morgan fingerprint density at radius 1 is 1.56 bits per heavy atom. The minimum absolute atomic E-state index is 0.273. The molecule has 0 aromatic carbocycles. The van der Waals surface area contributed by atoms with Crippen molar-refractivity contribution in [2.24, 2.45) is 0 Å². The van der Waals surface area contributed by atoms with Gasteiger partial charge in [0.25, 0.3) is 0 Å². The first-order valence-electron chi connectivity index (χ1n) is 5.51. The van der Waals surface area contributed by atoms with E-state index in [0.717, 1.165) is 25.1 Å². The molecule has 1 aromatic rings. The molecule has 0 radical (unpaired) electrons. The summed E-state index contributed by atoms with van der Waals surface area (Å²) in [6.45, 7) is 3.45. The number of nitrogens with one attached hydrogen (secondary N) is 1. The fraction of sp³-hybridized carbons (Fsp3) is 0.500. The molecule has 0 aliphatic carbocycles. The Morgan fingerprint density at radius 2 is 2.44 bits per heavy atom. The molecule has 1 aliphatic rings. The Balaban J connectivity index is 2.13. The highest BCUT2D eigenvalue weighted by Gasteiger charge is 2.15. The lowest BCUT2D eigenvalue weighted by atomic mass is 10.1. The van der Waals surface area contributed by atoms with E-state index in [2.05, 4.69) is 16.4 Å². The minimum Gasteiger partial charge on any atom is -0.379 e. The maximum Gasteiger partial charge on any atom is 0.144 e. The molecule has 2 rings (SSSR count). The van der Waals surface area contributed by atoms with Crippen LogP contribution in [0.4, 0.5) is 5.82 Å². The Hall–Kier alpha value is -1.60. The van der Waals surface area contributed by atoms with Crippen LogP contribution in [0.25, 0.3) is 0 Å². The first-order chi connectivity index (χ1) is 7.79. The van der Waals surface area contributed by atoms with Gasteiger partial charge in [-0.1, -0.05) is 0 Å². The number of aryl methyl sites for hydroxylation is 1. The molecular formula is C12H15N3O. The van der Waals surface area contributed by atoms with Crippen molar-refractivity contribution in [1.29, 1.82) is 5.26 Å². The van der Waals surface area contributed by atoms with Crippen LogP contribution in [0, 0.1) is 18.3 Å². The number of pyridine rings is 1. The van der Waals surface area contributed by atoms with Gasteiger partial charge < -0.3 is 10.1 Å². The molecule has 84 valence electrons. The van der Waals surface area contributed by atoms with Crippen molar-refractivity contribution >= 4 is 5.82 Å². The maximum atomic E-state index is 8.98. The van der Waals surface area contributed by atoms with Crippen molar-refractivity contribution in [3.8, 4) is 6.07 Å². The van der Waals surface area contributed by atoms with Crippen molar-refractivity contribution in [3.05, 3.63) is 23.4 Å². The van der Waals surface area contributed by atoms with Crippen molar-refractivity contribution in [2.75, 3.05) is 18.5 Å². The van der Waals surface area contributed by atoms with Gasteiger partial charge >= 0.3 is 0 Å². The summed E-state index contributed by atoms with van der Waals surface area (Å²) in [6, 6.07) is 6.07. The zero-order valence-electron chi connectivity index (χ0n) is 9.36. The van der Waals surface area contributed by atoms with Crippen LogP contribution >= 0.6 is 0 Å². The lowest BCUT2D eigenvalue weighted by Gasteiger charge is -2.24. The quantitative estimate of drug-likeness (QED) is 0.821. The van der Waals surface area contributed by atoms with E-state index in [1.807, 2.05) is 13.0 Å². The number of rotatable bonds is 2. The molecule has 1 fully saturated rings. The van der Waals surface area contributed by atoms with Gasteiger partial charge in [0, 0.05) is 12.3 Å². The lowest BCUT2D eigenvalue weighted by Crippen LogP contribution is -2.30. The van der Waals surface area contributed by atoms with E-state index < -0.39 is 0 Å². The summed E-state index contributed by atoms with van der Waals surface area (Å²) in [5.74, 6) is 0.679. The maximum absolute atomic E-state index is 8.98. The molecule has 1 aliphatic heterocycles. The fourth-order valence-electron chi connectivity index (χ4n) is 1.80. The first kappa shape index (κ1) is 10.9. The van der Waals surface area contributed by atoms with E-state index in [4.69, 9.17) is 10.00 Å². The van der Waals surface area contributed by atoms with Crippen molar-refractivity contribution in [2.45, 2.75) is 25.8 Å². The van der Waals surface area contributed by atoms with Gasteiger partial charge in [-0.25, -0.2) is 4.98 Å². The third-order valence-electron chi connectivity index (χ3n) is 2.66. The summed E-state index contributed by atoms with van der Waals surface area (Å²) in [4.78, 5) is 4.35. The normalized spacial score (nSPS) is 20.1. The third kappa shape index (κ3) is 2.50. The molecule has 0 amide bonds. The number of nitrogens with zero attached hydrogens (tertiary/aromatic N) is 2. The zero-order chi connectivity index (χ0) is 11.4. The number of hydrogen-bond acceptors (Lipinski definition) is 4. The predicted octanol–water partition coefficient (Wildman–Crippen LogP) is 1.85. The fourth-order valence-corrected chi connectivity index (χ4v) is 1.80. The Kier molecular flexibility index (Phi) is 3.37. The molecule has 1 N–H and O–H groups in total. The molecule has 1 atom stereocenters. The SMILES string of the molecule is Cc1ccc(C#N)c(NC2CCCOC2)n1. The second-order valence-corrected chi connectivity index (χ2v) is 4.02. The van der Waals surface area contributed by atoms with Crippen LogP contribution in [0.1, 0.15) is 24.1 Å². The van der Waals surface area contributed by atoms with E-state index in [9.17, 15) is 0 Å². The number of ether oxygens (including phenoxy) is 1. The highest BCUT2D eigenvalue weighted by Crippen LogP contribution is 2.16. The molecule has 0 spiro atoms. The van der Waals surface area contributed by atoms with Crippen LogP contribution < -0.4 is 5.32 Å². The summed E-state index contributed by atoms with van der Waals surface area (Å²) >= 11 is 0. The van der Waals surface area contributed by atoms with E-state index in [1.54, 1.807) is 6.07 Å². The molecule has 4 nitrogen and oxygen atoms in total. The van der Waals surface area contributed by atoms with Gasteiger partial charge in [-0.05, 0) is 31.9 Å². The van der Waals surface area contributed by atoms with Crippen LogP contribution in [-0.2, 0) is 4.74 Å². The lowest BCUT2D eigenvalue weighted by molar-refractivity contribution is 0.0875. The molecule has 1 unspecified atom stereocenters. The summed E-state index contributed by atoms with van der Waals surface area (Å²) in [7, 11) is 0. The van der Waals surface area contributed by atoms with Gasteiger partial charge in [0.1, 0.15) is 11.9 Å². The molecule has 4 heteroatoms. The van der Waals surface area contributed by atoms with E-state index >= 15 is 0 Å². The number of hydrogen-bond donors (Lipinski definition) is 1. The van der Waals surface area contributed by atoms with E-state index in [1.165, 1.54) is 0 Å². The van der Waals surface area contributed by atoms with Gasteiger partial charge in [-0.15, -0.1) is 0 Å². The second-order valence-electron chi connectivity index (χ2n) is 4.02. The predicted molar refractivity (Wildman–Crippen MR) is 61.2 cm³/mol. The van der Waals surface area contributed by atoms with Gasteiger partial charge in [0.05, 0.1) is 18.2 Å². The largest absolute Gasteiger partial charge is 0.379 e. The van der Waals surface area contributed by atoms with Gasteiger partial charge in [0.2, 0.25) is 0 Å². The number of nitriles is 1. The van der Waals surface area contributed by atoms with Crippen LogP contribution in [0.3, 0.4) is 0 Å². The van der Waals surface area contributed by atoms with Crippen LogP contribution in [0.15, 0.2) is 12.1 Å². The highest BCUT2D eigenvalue weighted by molar-refractivity contribution is 5.52. The van der Waals surface area contributed by atoms with Gasteiger partial charge in [-0.2, -0.15) is 5.26 Å². The summed E-state index contributed by atoms with van der Waals surface area (Å²) < 4.78 is 5.38. The van der Waals surface area contributed by atoms with Crippen molar-refractivity contribution in [3.63, 3.8) is 0 Å². The molecule has 0 bridgehead atoms. The topological polar surface area (TPSA) is 57.9 Å². The highest BCUT2D eigenvalue weighted by atomic mass is 16.5. The standard InChI is InChI=1S/C12H15N3O/c1-9-4-5-10(7-13)12(14-9)15-11-3-2-6-16-8-11/h4-5,11H,2-3,6,8H2,1H3,(H,14,15). The average molecular weight is 217 g/mol. The summed E-state index contributed by atoms with van der Waals surface area (Å²) in [6.07, 6.45) is 2.13. The van der Waals surface area contributed by atoms with Crippen LogP contribution in [0.5, 0.6) is 0 Å². The third-order valence-corrected chi connectivity index (χ3v) is 2.66. The van der Waals surface area contributed by atoms with Gasteiger partial charge in [0.15, 0.2) is 0 Å². The van der Waals surface area contributed by atoms with E-state index in [-0.39, 0.29) is 6.04 Å². The summed E-state index contributed by atoms with van der Waals surface area (Å²) in [5.41, 5.74) is 1.51. The van der Waals surface area contributed by atoms with Crippen LogP contribution in [-0.4, -0.2) is 24.2 Å². The second kappa shape index (κ2) is 4.95. The van der Waals surface area contributed by atoms with Crippen molar-refractivity contribution in [1.82, 2.24) is 4.98 Å². The molecule has 0 saturated carbocycles. The Bertz CT molecular complexity index is 405. The molecule has 16 heavy (non-hydrogen) atoms. The minimum atomic E-state index is 0.273. The Labute approximate surface area is 95.3 Å². The summed E-state index contributed by atoms with van der Waals surface area (Å²) in [5, 5.41) is 12.3. The smallest absolute Gasteiger partial charge is 0.144 e. The van der Waals surface area contributed by atoms with Crippen LogP contribution in [0.2, 0.25) is 0 Å². The van der Waals surface area contributed by atoms with Gasteiger partial charge in [-0.3, -0.25) is 0 Å². The average Bonchev–Trinajstić information content (AvgIpc) is 2.31. The molecule has 1 aromatic heterocycles. The zero-order valence-corrected chi connectivity index (χ0v) is 9.36. The molecular weight excluding hydrogens is 202 g/mol. The molecule has 1 saturated heterocycles. The number of aromatic nitrogens is 1. The number of anilines is 1. The van der Waals surface area contributed by atoms with Crippen molar-refractivity contribution < 1.29 is 4.74 Å². The van der Waals surface area contributed by atoms with E-state index in [0.29, 0.717) is 18.0 Å². The first-order valence-corrected chi connectivity index (χ1v) is 5.51. The monoisotopic (exact) mass is 217 g/mol. The Morgan fingerprint density at radius 3 is 3.12 bits per heavy atom.